The summed E-state index contributed by atoms with van der Waals surface area (Å²) in [6.07, 6.45) is -0.812. The maximum atomic E-state index is 11.3. The molecule has 188 valence electrons. The highest BCUT2D eigenvalue weighted by atomic mass is 35.5. The maximum Gasteiger partial charge on any atom is 0.469 e. The number of nitrogen functional groups attached to an aromatic ring is 1. The van der Waals surface area contributed by atoms with Gasteiger partial charge in [-0.2, -0.15) is 0 Å². The number of nitrogens with two attached hydrogens (primary N) is 1. The van der Waals surface area contributed by atoms with E-state index in [0.717, 1.165) is 11.3 Å². The number of aromatic nitrogens is 4. The third-order valence-electron chi connectivity index (χ3n) is 5.94. The van der Waals surface area contributed by atoms with Crippen LogP contribution < -0.4 is 10.6 Å². The first kappa shape index (κ1) is 24.3. The van der Waals surface area contributed by atoms with Gasteiger partial charge in [0.25, 0.3) is 0 Å². The van der Waals surface area contributed by atoms with E-state index in [1.807, 2.05) is 36.2 Å². The van der Waals surface area contributed by atoms with Crippen LogP contribution in [-0.4, -0.2) is 73.7 Å². The summed E-state index contributed by atoms with van der Waals surface area (Å²) < 4.78 is 36.1. The molecular formula is C20H24ClN6O7P. The van der Waals surface area contributed by atoms with Gasteiger partial charge in [0.05, 0.1) is 12.9 Å². The number of phosphoric acid groups is 1. The molecule has 4 heterocycles. The number of nitrogens with zero attached hydrogens (tertiary/aromatic N) is 5. The Bertz CT molecular complexity index is 1240. The lowest BCUT2D eigenvalue weighted by atomic mass is 10.1. The molecule has 0 radical (unpaired) electrons. The van der Waals surface area contributed by atoms with Crippen molar-refractivity contribution in [2.45, 2.75) is 30.8 Å². The number of rotatable bonds is 8. The van der Waals surface area contributed by atoms with E-state index in [1.54, 1.807) is 4.57 Å². The molecule has 2 aliphatic heterocycles. The number of alkyl halides is 1. The minimum atomic E-state index is -4.72. The molecule has 13 nitrogen and oxygen atoms in total. The van der Waals surface area contributed by atoms with Crippen molar-refractivity contribution in [1.29, 1.82) is 0 Å². The van der Waals surface area contributed by atoms with Gasteiger partial charge in [0.15, 0.2) is 24.0 Å². The lowest BCUT2D eigenvalue weighted by Gasteiger charge is -2.22. The number of fused-ring (bicyclic) bond motifs is 2. The van der Waals surface area contributed by atoms with Crippen molar-refractivity contribution in [3.63, 3.8) is 0 Å². The Balaban J connectivity index is 1.42. The second-order valence-electron chi connectivity index (χ2n) is 8.17. The fourth-order valence-corrected chi connectivity index (χ4v) is 4.81. The molecule has 2 saturated heterocycles. The largest absolute Gasteiger partial charge is 0.469 e. The van der Waals surface area contributed by atoms with E-state index in [0.29, 0.717) is 23.6 Å². The molecule has 0 aliphatic carbocycles. The van der Waals surface area contributed by atoms with E-state index in [-0.39, 0.29) is 5.82 Å². The molecule has 0 amide bonds. The summed E-state index contributed by atoms with van der Waals surface area (Å²) in [6, 6.07) is 7.66. The molecular weight excluding hydrogens is 503 g/mol. The molecule has 2 aliphatic rings. The number of phosphoric ester groups is 1. The van der Waals surface area contributed by atoms with Crippen LogP contribution in [0.3, 0.4) is 0 Å². The molecule has 4 N–H and O–H groups in total. The van der Waals surface area contributed by atoms with Gasteiger partial charge in [-0.1, -0.05) is 12.1 Å². The smallest absolute Gasteiger partial charge is 0.382 e. The van der Waals surface area contributed by atoms with E-state index >= 15 is 0 Å². The van der Waals surface area contributed by atoms with E-state index in [1.165, 1.54) is 12.7 Å². The molecule has 2 fully saturated rings. The Labute approximate surface area is 205 Å². The Morgan fingerprint density at radius 1 is 1.17 bits per heavy atom. The predicted octanol–water partition coefficient (Wildman–Crippen LogP) is 1.57. The van der Waals surface area contributed by atoms with Crippen LogP contribution in [0.5, 0.6) is 0 Å². The van der Waals surface area contributed by atoms with Crippen molar-refractivity contribution in [2.24, 2.45) is 0 Å². The molecule has 35 heavy (non-hydrogen) atoms. The lowest BCUT2D eigenvalue weighted by Crippen LogP contribution is -2.31. The topological polar surface area (TPSA) is 167 Å². The first-order valence-electron chi connectivity index (χ1n) is 10.7. The van der Waals surface area contributed by atoms with E-state index in [4.69, 9.17) is 36.1 Å². The van der Waals surface area contributed by atoms with Gasteiger partial charge < -0.3 is 34.6 Å². The Morgan fingerprint density at radius 2 is 1.91 bits per heavy atom. The van der Waals surface area contributed by atoms with Crippen molar-refractivity contribution < 1.29 is 33.1 Å². The second-order valence-corrected chi connectivity index (χ2v) is 9.79. The minimum Gasteiger partial charge on any atom is -0.382 e. The lowest BCUT2D eigenvalue weighted by molar-refractivity contribution is -0.152. The quantitative estimate of drug-likeness (QED) is 0.287. The van der Waals surface area contributed by atoms with Crippen LogP contribution >= 0.6 is 19.4 Å². The molecule has 2 aromatic heterocycles. The summed E-state index contributed by atoms with van der Waals surface area (Å²) in [5.74, 6) is 0.723. The number of imidazole rings is 1. The normalized spacial score (nSPS) is 26.3. The summed E-state index contributed by atoms with van der Waals surface area (Å²) >= 11 is 5.83. The Morgan fingerprint density at radius 3 is 2.63 bits per heavy atom. The Kier molecular flexibility index (Phi) is 6.68. The van der Waals surface area contributed by atoms with E-state index in [9.17, 15) is 14.4 Å². The van der Waals surface area contributed by atoms with Crippen molar-refractivity contribution in [2.75, 3.05) is 36.7 Å². The molecule has 15 heteroatoms. The van der Waals surface area contributed by atoms with Gasteiger partial charge >= 0.3 is 7.82 Å². The number of hydrogen-bond acceptors (Lipinski definition) is 10. The van der Waals surface area contributed by atoms with Crippen LogP contribution in [0.25, 0.3) is 11.2 Å². The summed E-state index contributed by atoms with van der Waals surface area (Å²) in [5.41, 5.74) is 8.50. The fourth-order valence-electron chi connectivity index (χ4n) is 4.22. The molecule has 5 rings (SSSR count). The third kappa shape index (κ3) is 4.86. The first-order chi connectivity index (χ1) is 16.7. The number of ether oxygens (including phenoxy) is 3. The Hall–Kier alpha value is -2.35. The molecule has 0 spiro atoms. The standard InChI is InChI=1S/C20H24ClN6O7P/c1-26(7-6-21)12-4-2-11(3-5-12)20-33-15-13(8-31-35(28,29)30)32-19(16(15)34-20)27-10-25-14-17(22)23-9-24-18(14)27/h2-5,9-10,13,15-16,19-20H,6-8H2,1H3,(H2,22,23,24)(H2,28,29,30)/t13-,15-,16-,19-,20?/m1/s1. The molecule has 0 bridgehead atoms. The molecule has 1 aromatic carbocycles. The zero-order valence-electron chi connectivity index (χ0n) is 18.5. The van der Waals surface area contributed by atoms with Crippen LogP contribution in [0.4, 0.5) is 11.5 Å². The van der Waals surface area contributed by atoms with Crippen molar-refractivity contribution in [1.82, 2.24) is 19.5 Å². The zero-order valence-corrected chi connectivity index (χ0v) is 20.2. The number of halogens is 1. The predicted molar refractivity (Wildman–Crippen MR) is 125 cm³/mol. The summed E-state index contributed by atoms with van der Waals surface area (Å²) in [4.78, 5) is 32.9. The van der Waals surface area contributed by atoms with E-state index in [2.05, 4.69) is 15.0 Å². The first-order valence-corrected chi connectivity index (χ1v) is 12.8. The van der Waals surface area contributed by atoms with Gasteiger partial charge in [-0.3, -0.25) is 9.09 Å². The highest BCUT2D eigenvalue weighted by Gasteiger charge is 2.54. The third-order valence-corrected chi connectivity index (χ3v) is 6.60. The van der Waals surface area contributed by atoms with Gasteiger partial charge in [-0.15, -0.1) is 11.6 Å². The van der Waals surface area contributed by atoms with Crippen LogP contribution in [0.15, 0.2) is 36.9 Å². The van der Waals surface area contributed by atoms with Crippen LogP contribution in [0.2, 0.25) is 0 Å². The summed E-state index contributed by atoms with van der Waals surface area (Å²) in [6.45, 7) is 0.304. The SMILES string of the molecule is CN(CCCl)c1ccc(C2O[C@@H]3[C@H](O2)[C@@H](COP(=O)(O)O)O[C@H]3n2cnc3c(N)ncnc32)cc1. The highest BCUT2D eigenvalue weighted by molar-refractivity contribution is 7.46. The molecule has 3 aromatic rings. The van der Waals surface area contributed by atoms with Crippen LogP contribution in [0.1, 0.15) is 18.1 Å². The van der Waals surface area contributed by atoms with Crippen molar-refractivity contribution >= 4 is 42.1 Å². The maximum absolute atomic E-state index is 11.3. The number of anilines is 2. The van der Waals surface area contributed by atoms with Gasteiger partial charge in [-0.05, 0) is 12.1 Å². The van der Waals surface area contributed by atoms with Gasteiger partial charge in [-0.25, -0.2) is 19.5 Å². The minimum absolute atomic E-state index is 0.213. The molecule has 5 atom stereocenters. The van der Waals surface area contributed by atoms with Crippen LogP contribution in [-0.2, 0) is 23.3 Å². The highest BCUT2D eigenvalue weighted by Crippen LogP contribution is 2.46. The average molecular weight is 527 g/mol. The second kappa shape index (κ2) is 9.60. The molecule has 0 saturated carbocycles. The number of benzene rings is 1. The van der Waals surface area contributed by atoms with Crippen molar-refractivity contribution in [3.8, 4) is 0 Å². The van der Waals surface area contributed by atoms with Crippen molar-refractivity contribution in [3.05, 3.63) is 42.5 Å². The fraction of sp³-hybridized carbons (Fsp3) is 0.450. The zero-order chi connectivity index (χ0) is 24.7. The number of hydrogen-bond donors (Lipinski definition) is 3. The van der Waals surface area contributed by atoms with Gasteiger partial charge in [0.2, 0.25) is 0 Å². The monoisotopic (exact) mass is 526 g/mol. The summed E-state index contributed by atoms with van der Waals surface area (Å²) in [5, 5.41) is 0. The van der Waals surface area contributed by atoms with E-state index < -0.39 is 45.3 Å². The van der Waals surface area contributed by atoms with Crippen LogP contribution in [0, 0.1) is 0 Å². The average Bonchev–Trinajstić information content (AvgIpc) is 3.52. The van der Waals surface area contributed by atoms with Gasteiger partial charge in [0, 0.05) is 30.7 Å². The molecule has 1 unspecified atom stereocenters. The summed E-state index contributed by atoms with van der Waals surface area (Å²) in [7, 11) is -2.77. The van der Waals surface area contributed by atoms with Gasteiger partial charge in [0.1, 0.15) is 30.2 Å².